The van der Waals surface area contributed by atoms with Gasteiger partial charge in [0.2, 0.25) is 0 Å². The smallest absolute Gasteiger partial charge is 0.272 e. The third-order valence-corrected chi connectivity index (χ3v) is 4.96. The average molecular weight is 347 g/mol. The third kappa shape index (κ3) is 1.97. The Labute approximate surface area is 148 Å². The van der Waals surface area contributed by atoms with E-state index in [0.717, 1.165) is 51.8 Å². The molecular weight excluding hydrogens is 330 g/mol. The van der Waals surface area contributed by atoms with Crippen LogP contribution < -0.4 is 16.0 Å². The zero-order chi connectivity index (χ0) is 17.8. The van der Waals surface area contributed by atoms with E-state index in [0.29, 0.717) is 17.7 Å². The number of H-pyrrole nitrogens is 2. The Morgan fingerprint density at radius 1 is 1.31 bits per heavy atom. The van der Waals surface area contributed by atoms with Crippen molar-refractivity contribution in [1.29, 1.82) is 0 Å². The molecule has 7 heteroatoms. The number of rotatable bonds is 1. The molecule has 1 aliphatic heterocycles. The number of nitrogens with two attached hydrogens (primary N) is 1. The van der Waals surface area contributed by atoms with Gasteiger partial charge in [-0.1, -0.05) is 12.1 Å². The van der Waals surface area contributed by atoms with Gasteiger partial charge in [-0.2, -0.15) is 5.10 Å². The molecule has 4 heterocycles. The molecule has 1 aromatic carbocycles. The molecule has 0 amide bonds. The zero-order valence-corrected chi connectivity index (χ0v) is 14.2. The Balaban J connectivity index is 2.02. The monoisotopic (exact) mass is 347 g/mol. The fraction of sp³-hybridized carbons (Fsp3) is 0.211. The summed E-state index contributed by atoms with van der Waals surface area (Å²) >= 11 is 0. The van der Waals surface area contributed by atoms with Crippen molar-refractivity contribution in [1.82, 2.24) is 20.2 Å². The molecular formula is C19H17N5O2. The minimum absolute atomic E-state index is 0.174. The maximum Gasteiger partial charge on any atom is 0.272 e. The van der Waals surface area contributed by atoms with E-state index in [1.54, 1.807) is 6.20 Å². The second-order valence-electron chi connectivity index (χ2n) is 6.55. The molecule has 4 N–H and O–H groups in total. The van der Waals surface area contributed by atoms with Gasteiger partial charge in [0.1, 0.15) is 5.69 Å². The van der Waals surface area contributed by atoms with Crippen LogP contribution in [0.3, 0.4) is 0 Å². The van der Waals surface area contributed by atoms with E-state index in [1.807, 2.05) is 25.1 Å². The summed E-state index contributed by atoms with van der Waals surface area (Å²) in [6.07, 6.45) is 3.52. The molecule has 0 atom stereocenters. The summed E-state index contributed by atoms with van der Waals surface area (Å²) in [4.78, 5) is 20.1. The number of aryl methyl sites for hydroxylation is 2. The number of ether oxygens (including phenoxy) is 1. The van der Waals surface area contributed by atoms with Gasteiger partial charge in [0.05, 0.1) is 40.6 Å². The Morgan fingerprint density at radius 2 is 2.19 bits per heavy atom. The predicted molar refractivity (Wildman–Crippen MR) is 100 cm³/mol. The normalized spacial score (nSPS) is 13.7. The van der Waals surface area contributed by atoms with Gasteiger partial charge < -0.3 is 15.5 Å². The summed E-state index contributed by atoms with van der Waals surface area (Å²) in [5, 5.41) is 8.82. The van der Waals surface area contributed by atoms with Crippen molar-refractivity contribution in [3.8, 4) is 16.9 Å². The second kappa shape index (κ2) is 5.32. The molecule has 0 radical (unpaired) electrons. The summed E-state index contributed by atoms with van der Waals surface area (Å²) in [5.41, 5.74) is 10.9. The number of pyridine rings is 2. The number of hydrogen-bond donors (Lipinski definition) is 3. The zero-order valence-electron chi connectivity index (χ0n) is 14.2. The van der Waals surface area contributed by atoms with Gasteiger partial charge in [0.25, 0.3) is 5.56 Å². The Kier molecular flexibility index (Phi) is 3.06. The number of hydrogen-bond acceptors (Lipinski definition) is 5. The first kappa shape index (κ1) is 14.9. The largest absolute Gasteiger partial charge is 0.491 e. The minimum atomic E-state index is -0.325. The summed E-state index contributed by atoms with van der Waals surface area (Å²) in [6.45, 7) is 2.52. The lowest BCUT2D eigenvalue weighted by Gasteiger charge is -2.22. The van der Waals surface area contributed by atoms with Crippen LogP contribution in [0.2, 0.25) is 0 Å². The minimum Gasteiger partial charge on any atom is -0.491 e. The highest BCUT2D eigenvalue weighted by Gasteiger charge is 2.24. The molecule has 4 aromatic rings. The fourth-order valence-corrected chi connectivity index (χ4v) is 3.77. The molecule has 0 aliphatic carbocycles. The highest BCUT2D eigenvalue weighted by atomic mass is 16.5. The lowest BCUT2D eigenvalue weighted by atomic mass is 9.94. The number of nitrogens with one attached hydrogen (secondary N) is 2. The van der Waals surface area contributed by atoms with Crippen molar-refractivity contribution >= 4 is 27.5 Å². The molecule has 0 unspecified atom stereocenters. The number of fused-ring (bicyclic) bond motifs is 4. The van der Waals surface area contributed by atoms with Crippen molar-refractivity contribution in [2.24, 2.45) is 0 Å². The topological polar surface area (TPSA) is 110 Å². The molecule has 0 saturated heterocycles. The van der Waals surface area contributed by atoms with Gasteiger partial charge in [-0.25, -0.2) is 0 Å². The molecule has 0 fully saturated rings. The van der Waals surface area contributed by atoms with Crippen molar-refractivity contribution < 1.29 is 4.74 Å². The number of benzene rings is 1. The number of nitrogens with zero attached hydrogens (tertiary/aromatic N) is 2. The van der Waals surface area contributed by atoms with Crippen molar-refractivity contribution in [2.75, 3.05) is 12.3 Å². The molecule has 1 aliphatic rings. The lowest BCUT2D eigenvalue weighted by Crippen LogP contribution is -2.17. The van der Waals surface area contributed by atoms with Crippen LogP contribution in [0.25, 0.3) is 32.9 Å². The van der Waals surface area contributed by atoms with E-state index in [2.05, 4.69) is 20.2 Å². The quantitative estimate of drug-likeness (QED) is 0.490. The fourth-order valence-electron chi connectivity index (χ4n) is 3.77. The highest BCUT2D eigenvalue weighted by molar-refractivity contribution is 6.10. The summed E-state index contributed by atoms with van der Waals surface area (Å²) in [7, 11) is 0. The van der Waals surface area contributed by atoms with Gasteiger partial charge in [-0.15, -0.1) is 0 Å². The Bertz CT molecular complexity index is 1240. The summed E-state index contributed by atoms with van der Waals surface area (Å²) < 4.78 is 5.98. The van der Waals surface area contributed by atoms with E-state index < -0.39 is 0 Å². The predicted octanol–water partition coefficient (Wildman–Crippen LogP) is 2.68. The molecule has 0 spiro atoms. The third-order valence-electron chi connectivity index (χ3n) is 4.96. The van der Waals surface area contributed by atoms with Crippen LogP contribution in [0, 0.1) is 6.92 Å². The highest BCUT2D eigenvalue weighted by Crippen LogP contribution is 2.42. The SMILES string of the molecule is Cc1nc2c(c3c(-c4cccc5[nH]ncc45)c(N)c(=O)[nH]c13)OCCC2. The van der Waals surface area contributed by atoms with Crippen molar-refractivity contribution in [3.63, 3.8) is 0 Å². The van der Waals surface area contributed by atoms with Crippen molar-refractivity contribution in [2.45, 2.75) is 19.8 Å². The van der Waals surface area contributed by atoms with Crippen molar-refractivity contribution in [3.05, 3.63) is 46.1 Å². The average Bonchev–Trinajstić information content (AvgIpc) is 3.12. The Morgan fingerprint density at radius 3 is 3.08 bits per heavy atom. The number of aromatic nitrogens is 4. The first-order valence-corrected chi connectivity index (χ1v) is 8.55. The molecule has 0 saturated carbocycles. The van der Waals surface area contributed by atoms with Crippen LogP contribution in [0.15, 0.2) is 29.2 Å². The molecule has 7 nitrogen and oxygen atoms in total. The molecule has 3 aromatic heterocycles. The van der Waals surface area contributed by atoms with Crippen LogP contribution in [-0.4, -0.2) is 26.8 Å². The van der Waals surface area contributed by atoms with Gasteiger partial charge >= 0.3 is 0 Å². The van der Waals surface area contributed by atoms with Gasteiger partial charge in [0.15, 0.2) is 5.75 Å². The molecule has 26 heavy (non-hydrogen) atoms. The van der Waals surface area contributed by atoms with E-state index >= 15 is 0 Å². The summed E-state index contributed by atoms with van der Waals surface area (Å²) in [5.74, 6) is 0.718. The Hall–Kier alpha value is -3.35. The summed E-state index contributed by atoms with van der Waals surface area (Å²) in [6, 6.07) is 5.81. The lowest BCUT2D eigenvalue weighted by molar-refractivity contribution is 0.288. The number of aromatic amines is 2. The van der Waals surface area contributed by atoms with Crippen LogP contribution in [0.1, 0.15) is 17.8 Å². The second-order valence-corrected chi connectivity index (χ2v) is 6.55. The maximum atomic E-state index is 12.5. The van der Waals surface area contributed by atoms with Crippen LogP contribution in [0.4, 0.5) is 5.69 Å². The van der Waals surface area contributed by atoms with E-state index in [-0.39, 0.29) is 11.2 Å². The number of anilines is 1. The maximum absolute atomic E-state index is 12.5. The molecule has 5 rings (SSSR count). The first-order valence-electron chi connectivity index (χ1n) is 8.55. The van der Waals surface area contributed by atoms with Gasteiger partial charge in [0, 0.05) is 10.9 Å². The molecule has 130 valence electrons. The van der Waals surface area contributed by atoms with Gasteiger partial charge in [-0.05, 0) is 31.4 Å². The molecule has 0 bridgehead atoms. The standard InChI is InChI=1S/C19H17N5O2/c1-9-17-15(18-13(22-9)6-3-7-26-18)14(16(20)19(25)23-17)10-4-2-5-12-11(10)8-21-24-12/h2,4-5,8H,3,6-7,20H2,1H3,(H,21,24)(H,23,25). The first-order chi connectivity index (χ1) is 12.6. The van der Waals surface area contributed by atoms with E-state index in [9.17, 15) is 4.79 Å². The van der Waals surface area contributed by atoms with E-state index in [1.165, 1.54) is 0 Å². The van der Waals surface area contributed by atoms with Crippen LogP contribution in [0.5, 0.6) is 5.75 Å². The van der Waals surface area contributed by atoms with Crippen LogP contribution >= 0.6 is 0 Å². The van der Waals surface area contributed by atoms with Crippen LogP contribution in [-0.2, 0) is 6.42 Å². The number of nitrogen functional groups attached to an aromatic ring is 1. The van der Waals surface area contributed by atoms with Gasteiger partial charge in [-0.3, -0.25) is 14.9 Å². The van der Waals surface area contributed by atoms with E-state index in [4.69, 9.17) is 10.5 Å².